The molecule has 2 aliphatic rings. The lowest BCUT2D eigenvalue weighted by Gasteiger charge is -2.40. The summed E-state index contributed by atoms with van der Waals surface area (Å²) in [5, 5.41) is 5.24. The number of piperidine rings is 1. The van der Waals surface area contributed by atoms with Crippen molar-refractivity contribution < 1.29 is 37.4 Å². The van der Waals surface area contributed by atoms with Gasteiger partial charge in [-0.05, 0) is 67.7 Å². The maximum Gasteiger partial charge on any atom is 0.340 e. The molecule has 10 nitrogen and oxygen atoms in total. The zero-order chi connectivity index (χ0) is 35.0. The van der Waals surface area contributed by atoms with E-state index in [1.807, 2.05) is 36.4 Å². The molecule has 12 heteroatoms. The molecule has 1 atom stereocenters. The second kappa shape index (κ2) is 15.9. The van der Waals surface area contributed by atoms with Crippen LogP contribution in [0.5, 0.6) is 0 Å². The maximum absolute atomic E-state index is 14.4. The Morgan fingerprint density at radius 1 is 0.959 bits per heavy atom. The fourth-order valence-corrected chi connectivity index (χ4v) is 6.45. The van der Waals surface area contributed by atoms with E-state index in [0.29, 0.717) is 44.5 Å². The quantitative estimate of drug-likeness (QED) is 0.257. The highest BCUT2D eigenvalue weighted by molar-refractivity contribution is 5.96. The van der Waals surface area contributed by atoms with Gasteiger partial charge in [-0.2, -0.15) is 0 Å². The Morgan fingerprint density at radius 2 is 1.63 bits per heavy atom. The van der Waals surface area contributed by atoms with Crippen LogP contribution in [0.2, 0.25) is 0 Å². The highest BCUT2D eigenvalue weighted by atomic mass is 19.2. The van der Waals surface area contributed by atoms with E-state index in [2.05, 4.69) is 15.5 Å². The van der Waals surface area contributed by atoms with Crippen LogP contribution >= 0.6 is 0 Å². The Labute approximate surface area is 284 Å². The van der Waals surface area contributed by atoms with Gasteiger partial charge in [-0.25, -0.2) is 18.4 Å². The molecule has 3 aromatic rings. The van der Waals surface area contributed by atoms with Crippen molar-refractivity contribution in [3.8, 4) is 0 Å². The van der Waals surface area contributed by atoms with Gasteiger partial charge in [-0.15, -0.1) is 0 Å². The van der Waals surface area contributed by atoms with Gasteiger partial charge in [0.15, 0.2) is 11.6 Å². The van der Waals surface area contributed by atoms with E-state index >= 15 is 0 Å². The molecule has 0 radical (unpaired) electrons. The summed E-state index contributed by atoms with van der Waals surface area (Å²) in [6.07, 6.45) is 1.65. The molecule has 2 heterocycles. The normalized spacial score (nSPS) is 17.5. The lowest BCUT2D eigenvalue weighted by Crippen LogP contribution is -2.52. The topological polar surface area (TPSA) is 117 Å². The van der Waals surface area contributed by atoms with Crippen molar-refractivity contribution in [2.75, 3.05) is 33.3 Å². The summed E-state index contributed by atoms with van der Waals surface area (Å²) in [5.74, 6) is -3.79. The average Bonchev–Trinajstić information content (AvgIpc) is 3.13. The van der Waals surface area contributed by atoms with Crippen molar-refractivity contribution in [2.45, 2.75) is 50.7 Å². The average molecular weight is 675 g/mol. The molecule has 1 fully saturated rings. The van der Waals surface area contributed by atoms with Gasteiger partial charge in [0.1, 0.15) is 18.0 Å². The number of rotatable bonds is 12. The smallest absolute Gasteiger partial charge is 0.340 e. The van der Waals surface area contributed by atoms with Gasteiger partial charge in [-0.1, -0.05) is 73.7 Å². The summed E-state index contributed by atoms with van der Waals surface area (Å²) in [5.41, 5.74) is 0.860. The third-order valence-electron chi connectivity index (χ3n) is 9.10. The van der Waals surface area contributed by atoms with Crippen molar-refractivity contribution in [2.24, 2.45) is 0 Å². The molecule has 0 aliphatic carbocycles. The van der Waals surface area contributed by atoms with Crippen molar-refractivity contribution in [3.63, 3.8) is 0 Å². The number of benzene rings is 3. The second-order valence-electron chi connectivity index (χ2n) is 12.1. The van der Waals surface area contributed by atoms with Crippen LogP contribution in [-0.4, -0.2) is 67.0 Å². The number of halogens is 2. The third kappa shape index (κ3) is 7.97. The zero-order valence-electron chi connectivity index (χ0n) is 27.5. The highest BCUT2D eigenvalue weighted by Gasteiger charge is 2.44. The number of esters is 2. The van der Waals surface area contributed by atoms with E-state index in [1.165, 1.54) is 18.1 Å². The molecule has 3 amide bonds. The molecule has 1 unspecified atom stereocenters. The molecule has 0 bridgehead atoms. The first-order chi connectivity index (χ1) is 23.7. The minimum Gasteiger partial charge on any atom is -0.468 e. The summed E-state index contributed by atoms with van der Waals surface area (Å²) in [6.45, 7) is 3.51. The number of hydrogen-bond donors (Lipinski definition) is 2. The summed E-state index contributed by atoms with van der Waals surface area (Å²) < 4.78 is 39.1. The predicted molar refractivity (Wildman–Crippen MR) is 176 cm³/mol. The Hall–Kier alpha value is -5.10. The minimum absolute atomic E-state index is 0.0669. The van der Waals surface area contributed by atoms with Crippen LogP contribution in [0, 0.1) is 11.6 Å². The molecule has 3 aromatic carbocycles. The Kier molecular flexibility index (Phi) is 11.4. The number of nitrogens with one attached hydrogen (secondary N) is 2. The maximum atomic E-state index is 14.4. The van der Waals surface area contributed by atoms with Crippen LogP contribution in [0.25, 0.3) is 0 Å². The van der Waals surface area contributed by atoms with Gasteiger partial charge < -0.3 is 19.7 Å². The molecule has 0 aromatic heterocycles. The van der Waals surface area contributed by atoms with E-state index in [0.717, 1.165) is 17.7 Å². The standard InChI is InChI=1S/C37H40F2N4O6/c1-3-30(44)43(20-10-19-42-21-17-37(18-22-42,35(46)48-2)27-13-8-5-9-14-27)33-31(34(45)49-24-25-11-6-4-7-12-25)32(40-36(47)41-33)26-15-16-28(38)29(39)23-26/h4-9,11-16,23,32H,3,10,17-22,24H2,1-2H3,(H2,40,41,47). The number of ether oxygens (including phenoxy) is 2. The fourth-order valence-electron chi connectivity index (χ4n) is 6.45. The molecular formula is C37H40F2N4O6. The molecular weight excluding hydrogens is 634 g/mol. The number of likely N-dealkylation sites (tertiary alicyclic amines) is 1. The summed E-state index contributed by atoms with van der Waals surface area (Å²) in [4.78, 5) is 56.7. The van der Waals surface area contributed by atoms with Crippen molar-refractivity contribution in [1.29, 1.82) is 0 Å². The first kappa shape index (κ1) is 35.2. The van der Waals surface area contributed by atoms with Gasteiger partial charge in [-0.3, -0.25) is 19.8 Å². The van der Waals surface area contributed by atoms with Crippen molar-refractivity contribution in [1.82, 2.24) is 20.4 Å². The fraction of sp³-hybridized carbons (Fsp3) is 0.351. The Morgan fingerprint density at radius 3 is 2.27 bits per heavy atom. The third-order valence-corrected chi connectivity index (χ3v) is 9.10. The Balaban J connectivity index is 1.39. The zero-order valence-corrected chi connectivity index (χ0v) is 27.5. The molecule has 258 valence electrons. The summed E-state index contributed by atoms with van der Waals surface area (Å²) in [6, 6.07) is 19.7. The Bertz CT molecular complexity index is 1690. The van der Waals surface area contributed by atoms with Crippen LogP contribution in [0.3, 0.4) is 0 Å². The van der Waals surface area contributed by atoms with Crippen LogP contribution in [0.1, 0.15) is 55.3 Å². The first-order valence-corrected chi connectivity index (χ1v) is 16.3. The van der Waals surface area contributed by atoms with Gasteiger partial charge in [0.2, 0.25) is 5.91 Å². The molecule has 0 saturated carbocycles. The molecule has 5 rings (SSSR count). The molecule has 2 N–H and O–H groups in total. The van der Waals surface area contributed by atoms with Gasteiger partial charge >= 0.3 is 18.0 Å². The van der Waals surface area contributed by atoms with Crippen LogP contribution < -0.4 is 10.6 Å². The lowest BCUT2D eigenvalue weighted by molar-refractivity contribution is -0.150. The van der Waals surface area contributed by atoms with E-state index < -0.39 is 35.1 Å². The monoisotopic (exact) mass is 674 g/mol. The predicted octanol–water partition coefficient (Wildman–Crippen LogP) is 5.11. The number of amides is 3. The molecule has 49 heavy (non-hydrogen) atoms. The minimum atomic E-state index is -1.24. The molecule has 0 spiro atoms. The number of urea groups is 1. The summed E-state index contributed by atoms with van der Waals surface area (Å²) in [7, 11) is 1.40. The van der Waals surface area contributed by atoms with E-state index in [1.54, 1.807) is 31.2 Å². The van der Waals surface area contributed by atoms with E-state index in [9.17, 15) is 28.0 Å². The number of hydrogen-bond acceptors (Lipinski definition) is 7. The van der Waals surface area contributed by atoms with E-state index in [4.69, 9.17) is 9.47 Å². The second-order valence-corrected chi connectivity index (χ2v) is 12.1. The largest absolute Gasteiger partial charge is 0.468 e. The SMILES string of the molecule is CCC(=O)N(CCCN1CCC(C(=O)OC)(c2ccccc2)CC1)C1=C(C(=O)OCc2ccccc2)C(c2ccc(F)c(F)c2)NC(=O)N1. The van der Waals surface area contributed by atoms with Crippen LogP contribution in [0.4, 0.5) is 13.6 Å². The number of carbonyl (C=O) groups excluding carboxylic acids is 4. The molecule has 2 aliphatic heterocycles. The van der Waals surface area contributed by atoms with Crippen LogP contribution in [0.15, 0.2) is 90.3 Å². The summed E-state index contributed by atoms with van der Waals surface area (Å²) >= 11 is 0. The van der Waals surface area contributed by atoms with Gasteiger partial charge in [0, 0.05) is 13.0 Å². The number of carbonyl (C=O) groups is 4. The van der Waals surface area contributed by atoms with E-state index in [-0.39, 0.29) is 48.4 Å². The first-order valence-electron chi connectivity index (χ1n) is 16.3. The number of nitrogens with zero attached hydrogens (tertiary/aromatic N) is 2. The number of methoxy groups -OCH3 is 1. The van der Waals surface area contributed by atoms with Gasteiger partial charge in [0.25, 0.3) is 0 Å². The lowest BCUT2D eigenvalue weighted by atomic mass is 9.72. The van der Waals surface area contributed by atoms with Crippen molar-refractivity contribution in [3.05, 3.63) is 119 Å². The van der Waals surface area contributed by atoms with Crippen LogP contribution in [-0.2, 0) is 35.9 Å². The van der Waals surface area contributed by atoms with Crippen molar-refractivity contribution >= 4 is 23.9 Å². The highest BCUT2D eigenvalue weighted by Crippen LogP contribution is 2.37. The van der Waals surface area contributed by atoms with Gasteiger partial charge in [0.05, 0.1) is 18.6 Å². The molecule has 1 saturated heterocycles.